The molecule has 0 fully saturated rings. The van der Waals surface area contributed by atoms with Crippen LogP contribution in [0.4, 0.5) is 0 Å². The molecule has 4 heteroatoms. The first-order chi connectivity index (χ1) is 6.26. The van der Waals surface area contributed by atoms with E-state index in [0.29, 0.717) is 13.1 Å². The summed E-state index contributed by atoms with van der Waals surface area (Å²) in [6.45, 7) is 5.32. The Balaban J connectivity index is -0.00000000872. The molecule has 0 saturated carbocycles. The van der Waals surface area contributed by atoms with Gasteiger partial charge in [0, 0.05) is 14.2 Å². The Labute approximate surface area is 154 Å². The minimum absolute atomic E-state index is 0. The van der Waals surface area contributed by atoms with Gasteiger partial charge in [0.1, 0.15) is 12.7 Å². The highest BCUT2D eigenvalue weighted by Gasteiger charge is 2.05. The maximum absolute atomic E-state index is 9.71. The molecule has 0 saturated heterocycles. The van der Waals surface area contributed by atoms with E-state index < -0.39 is 0 Å². The number of ether oxygens (including phenoxy) is 3. The van der Waals surface area contributed by atoms with Gasteiger partial charge in [-0.3, -0.25) is 4.79 Å². The minimum Gasteiger partial charge on any atom is -0.465 e. The Morgan fingerprint density at radius 1 is 0.739 bits per heavy atom. The van der Waals surface area contributed by atoms with Crippen molar-refractivity contribution in [2.24, 2.45) is 0 Å². The molecule has 23 heavy (non-hydrogen) atoms. The predicted molar refractivity (Wildman–Crippen MR) is 118 cm³/mol. The molecule has 0 aromatic heterocycles. The molecule has 0 aliphatic heterocycles. The molecule has 0 N–H and O–H groups in total. The molecule has 1 atom stereocenters. The van der Waals surface area contributed by atoms with E-state index in [-0.39, 0.29) is 87.0 Å². The third kappa shape index (κ3) is 114. The van der Waals surface area contributed by atoms with E-state index in [1.54, 1.807) is 7.11 Å². The first-order valence-corrected chi connectivity index (χ1v) is 4.33. The summed E-state index contributed by atoms with van der Waals surface area (Å²) in [6, 6.07) is 0. The van der Waals surface area contributed by atoms with Gasteiger partial charge < -0.3 is 14.2 Å². The van der Waals surface area contributed by atoms with Crippen LogP contribution in [0.3, 0.4) is 0 Å². The monoisotopic (exact) mass is 352 g/mol. The molecule has 0 aliphatic carbocycles. The van der Waals surface area contributed by atoms with Crippen molar-refractivity contribution in [3.05, 3.63) is 0 Å². The van der Waals surface area contributed by atoms with Crippen molar-refractivity contribution < 1.29 is 19.0 Å². The molecule has 0 bridgehead atoms. The smallest absolute Gasteiger partial charge is 0.293 e. The highest BCUT2D eigenvalue weighted by molar-refractivity contribution is 5.36. The van der Waals surface area contributed by atoms with Crippen molar-refractivity contribution in [3.8, 4) is 0 Å². The summed E-state index contributed by atoms with van der Waals surface area (Å²) in [5.74, 6) is 0. The predicted octanol–water partition coefficient (Wildman–Crippen LogP) is 7.60. The van der Waals surface area contributed by atoms with Gasteiger partial charge in [-0.2, -0.15) is 0 Å². The lowest BCUT2D eigenvalue weighted by molar-refractivity contribution is -0.133. The highest BCUT2D eigenvalue weighted by Crippen LogP contribution is 1.90. The fraction of sp³-hybridized carbons (Fsp3) is 0.947. The summed E-state index contributed by atoms with van der Waals surface area (Å²) in [6.07, 6.45) is 1.09. The summed E-state index contributed by atoms with van der Waals surface area (Å²) in [5.41, 5.74) is 0. The summed E-state index contributed by atoms with van der Waals surface area (Å²) in [7, 11) is 3.10. The van der Waals surface area contributed by atoms with Crippen LogP contribution >= 0.6 is 0 Å². The molecule has 0 rings (SSSR count). The molecular formula is C19H60O4. The largest absolute Gasteiger partial charge is 0.465 e. The van der Waals surface area contributed by atoms with Crippen LogP contribution in [0.2, 0.25) is 0 Å². The first kappa shape index (κ1) is 94.9. The molecule has 0 aliphatic rings. The van der Waals surface area contributed by atoms with Gasteiger partial charge in [-0.05, 0) is 0 Å². The molecule has 0 spiro atoms. The van der Waals surface area contributed by atoms with Crippen molar-refractivity contribution in [1.29, 1.82) is 0 Å². The molecule has 0 aromatic carbocycles. The third-order valence-corrected chi connectivity index (χ3v) is 1.04. The summed E-state index contributed by atoms with van der Waals surface area (Å²) >= 11 is 0. The zero-order valence-electron chi connectivity index (χ0n) is 8.91. The van der Waals surface area contributed by atoms with Gasteiger partial charge in [-0.1, -0.05) is 94.5 Å². The molecule has 4 nitrogen and oxygen atoms in total. The average molecular weight is 353 g/mol. The van der Waals surface area contributed by atoms with Crippen LogP contribution in [0.1, 0.15) is 94.5 Å². The Morgan fingerprint density at radius 2 is 1.04 bits per heavy atom. The van der Waals surface area contributed by atoms with Gasteiger partial charge >= 0.3 is 0 Å². The number of rotatable bonds is 6. The maximum atomic E-state index is 9.71. The maximum Gasteiger partial charge on any atom is 0.293 e. The van der Waals surface area contributed by atoms with Gasteiger partial charge in [0.05, 0.1) is 6.61 Å². The number of methoxy groups -OCH3 is 2. The Morgan fingerprint density at radius 3 is 1.22 bits per heavy atom. The standard InChI is InChI=1S/C6H12O4.C3H8.10CH4/c1-8-3-6(9-2)4-10-5-7;1-3-2;;;;;;;;;;/h5-6H,3-4H2,1-2H3;3H2,1-2H3;10*1H4. The van der Waals surface area contributed by atoms with Crippen LogP contribution in [-0.2, 0) is 19.0 Å². The first-order valence-electron chi connectivity index (χ1n) is 4.33. The van der Waals surface area contributed by atoms with Gasteiger partial charge in [0.15, 0.2) is 0 Å². The zero-order chi connectivity index (χ0) is 10.5. The minimum atomic E-state index is -0.157. The van der Waals surface area contributed by atoms with Gasteiger partial charge in [0.2, 0.25) is 0 Å². The molecule has 160 valence electrons. The fourth-order valence-corrected chi connectivity index (χ4v) is 0.517. The number of carbonyl (C=O) groups excluding carboxylic acids is 1. The van der Waals surface area contributed by atoms with E-state index in [1.807, 2.05) is 0 Å². The van der Waals surface area contributed by atoms with Crippen molar-refractivity contribution in [3.63, 3.8) is 0 Å². The van der Waals surface area contributed by atoms with E-state index in [1.165, 1.54) is 13.5 Å². The van der Waals surface area contributed by atoms with Gasteiger partial charge in [-0.25, -0.2) is 0 Å². The lowest BCUT2D eigenvalue weighted by Gasteiger charge is -2.11. The van der Waals surface area contributed by atoms with Crippen molar-refractivity contribution in [1.82, 2.24) is 0 Å². The van der Waals surface area contributed by atoms with E-state index in [2.05, 4.69) is 18.6 Å². The van der Waals surface area contributed by atoms with E-state index in [9.17, 15) is 4.79 Å². The number of hydrogen-bond donors (Lipinski definition) is 0. The summed E-state index contributed by atoms with van der Waals surface area (Å²) < 4.78 is 14.1. The highest BCUT2D eigenvalue weighted by atomic mass is 16.6. The second kappa shape index (κ2) is 101. The van der Waals surface area contributed by atoms with Crippen LogP contribution in [0.15, 0.2) is 0 Å². The summed E-state index contributed by atoms with van der Waals surface area (Å²) in [4.78, 5) is 9.71. The second-order valence-electron chi connectivity index (χ2n) is 2.45. The molecule has 0 amide bonds. The fourth-order valence-electron chi connectivity index (χ4n) is 0.517. The second-order valence-corrected chi connectivity index (χ2v) is 2.45. The van der Waals surface area contributed by atoms with Crippen molar-refractivity contribution in [2.45, 2.75) is 101 Å². The SMILES string of the molecule is C.C.C.C.C.C.C.C.C.C.CCC.COCC(COC=O)OC. The Bertz CT molecular complexity index is 99.4. The lowest BCUT2D eigenvalue weighted by atomic mass is 10.4. The van der Waals surface area contributed by atoms with Crippen LogP contribution in [0.25, 0.3) is 0 Å². The lowest BCUT2D eigenvalue weighted by Crippen LogP contribution is -2.23. The molecule has 0 aromatic rings. The molecular weight excluding hydrogens is 292 g/mol. The molecule has 0 radical (unpaired) electrons. The van der Waals surface area contributed by atoms with Crippen LogP contribution < -0.4 is 0 Å². The van der Waals surface area contributed by atoms with Gasteiger partial charge in [0.25, 0.3) is 6.47 Å². The van der Waals surface area contributed by atoms with E-state index in [4.69, 9.17) is 9.47 Å². The topological polar surface area (TPSA) is 44.8 Å². The van der Waals surface area contributed by atoms with Crippen LogP contribution in [-0.4, -0.2) is 40.0 Å². The Hall–Kier alpha value is -0.610. The Kier molecular flexibility index (Phi) is 416. The third-order valence-electron chi connectivity index (χ3n) is 1.04. The van der Waals surface area contributed by atoms with Crippen LogP contribution in [0.5, 0.6) is 0 Å². The quantitative estimate of drug-likeness (QED) is 0.462. The average Bonchev–Trinajstić information content (AvgIpc) is 2.13. The zero-order valence-corrected chi connectivity index (χ0v) is 8.91. The summed E-state index contributed by atoms with van der Waals surface area (Å²) in [5, 5.41) is 0. The van der Waals surface area contributed by atoms with Crippen molar-refractivity contribution >= 4 is 6.47 Å². The van der Waals surface area contributed by atoms with E-state index in [0.717, 1.165) is 0 Å². The number of carbonyl (C=O) groups is 1. The normalized spacial score (nSPS) is 6.26. The van der Waals surface area contributed by atoms with Crippen LogP contribution in [0, 0.1) is 0 Å². The number of hydrogen-bond acceptors (Lipinski definition) is 4. The van der Waals surface area contributed by atoms with Crippen molar-refractivity contribution in [2.75, 3.05) is 27.4 Å². The molecule has 1 unspecified atom stereocenters. The van der Waals surface area contributed by atoms with E-state index >= 15 is 0 Å². The molecule has 0 heterocycles. The van der Waals surface area contributed by atoms with Gasteiger partial charge in [-0.15, -0.1) is 0 Å².